The third-order valence-corrected chi connectivity index (χ3v) is 9.82. The molecule has 11 heteroatoms. The number of carbonyl (C=O) groups is 3. The fourth-order valence-corrected chi connectivity index (χ4v) is 7.15. The molecule has 2 aliphatic heterocycles. The number of piperazine rings is 1. The van der Waals surface area contributed by atoms with Gasteiger partial charge in [0.1, 0.15) is 5.75 Å². The first-order chi connectivity index (χ1) is 24.7. The molecule has 1 aromatic heterocycles. The van der Waals surface area contributed by atoms with Crippen LogP contribution in [0.2, 0.25) is 0 Å². The van der Waals surface area contributed by atoms with Gasteiger partial charge in [0, 0.05) is 67.7 Å². The number of nitrogens with zero attached hydrogens (tertiary/aromatic N) is 3. The molecule has 268 valence electrons. The van der Waals surface area contributed by atoms with Crippen LogP contribution in [0.1, 0.15) is 49.9 Å². The number of carboxylic acid groups (broad SMARTS) is 2. The van der Waals surface area contributed by atoms with Crippen LogP contribution >= 0.6 is 0 Å². The van der Waals surface area contributed by atoms with E-state index in [-0.39, 0.29) is 18.0 Å². The van der Waals surface area contributed by atoms with E-state index in [1.807, 2.05) is 49.5 Å². The molecule has 6 rings (SSSR count). The van der Waals surface area contributed by atoms with Crippen molar-refractivity contribution in [3.8, 4) is 16.9 Å². The summed E-state index contributed by atoms with van der Waals surface area (Å²) >= 11 is 0. The summed E-state index contributed by atoms with van der Waals surface area (Å²) in [5.41, 5.74) is 3.83. The summed E-state index contributed by atoms with van der Waals surface area (Å²) in [6, 6.07) is 19.3. The Hall–Kier alpha value is -5.13. The number of ether oxygens (including phenoxy) is 1. The summed E-state index contributed by atoms with van der Waals surface area (Å²) in [5.74, 6) is -2.70. The van der Waals surface area contributed by atoms with Crippen LogP contribution in [0.15, 0.2) is 84.6 Å². The van der Waals surface area contributed by atoms with E-state index in [1.54, 1.807) is 24.3 Å². The Bertz CT molecular complexity index is 1890. The molecule has 1 fully saturated rings. The monoisotopic (exact) mass is 693 g/mol. The predicted molar refractivity (Wildman–Crippen MR) is 200 cm³/mol. The van der Waals surface area contributed by atoms with Gasteiger partial charge in [0.05, 0.1) is 29.6 Å². The first-order valence-corrected chi connectivity index (χ1v) is 17.9. The highest BCUT2D eigenvalue weighted by Crippen LogP contribution is 2.38. The molecule has 51 heavy (non-hydrogen) atoms. The average molecular weight is 694 g/mol. The Labute approximate surface area is 298 Å². The second-order valence-electron chi connectivity index (χ2n) is 13.5. The molecule has 4 N–H and O–H groups in total. The van der Waals surface area contributed by atoms with Crippen molar-refractivity contribution in [2.45, 2.75) is 51.6 Å². The maximum atomic E-state index is 14.7. The maximum Gasteiger partial charge on any atom is 0.333 e. The van der Waals surface area contributed by atoms with Crippen molar-refractivity contribution in [3.05, 3.63) is 90.1 Å². The average Bonchev–Trinajstić information content (AvgIpc) is 3.54. The number of aliphatic carboxylic acids is 2. The summed E-state index contributed by atoms with van der Waals surface area (Å²) in [6.45, 7) is 10.9. The zero-order chi connectivity index (χ0) is 35.9. The standard InChI is InChI=1S/C40H47N5O6/c1-3-4-16-43-18-20-44(21-19-43)17-7-22-51-37-25-30(10-12-31(37)28-11-13-33-29(24-28)14-15-41-33)39(48)45-35-9-6-5-8-34(35)42-27(2)23-36(45)32(40(49)50)26-38(46)47/h5-6,8-15,24-27,36,41-42H,3-4,7,16-23H2,1-2H3,(H,46,47)(H,49,50)/b32-26-/t27-,36?/m0/s1. The third-order valence-electron chi connectivity index (χ3n) is 9.82. The van der Waals surface area contributed by atoms with Gasteiger partial charge < -0.3 is 35.1 Å². The van der Waals surface area contributed by atoms with Crippen molar-refractivity contribution in [2.24, 2.45) is 0 Å². The van der Waals surface area contributed by atoms with E-state index < -0.39 is 23.9 Å². The van der Waals surface area contributed by atoms with Crippen LogP contribution in [-0.4, -0.2) is 101 Å². The number of unbranched alkanes of at least 4 members (excludes halogenated alkanes) is 1. The lowest BCUT2D eigenvalue weighted by molar-refractivity contribution is -0.135. The molecule has 0 bridgehead atoms. The van der Waals surface area contributed by atoms with Gasteiger partial charge in [0.2, 0.25) is 0 Å². The van der Waals surface area contributed by atoms with Gasteiger partial charge in [-0.05, 0) is 92.2 Å². The lowest BCUT2D eigenvalue weighted by Crippen LogP contribution is -2.46. The van der Waals surface area contributed by atoms with E-state index in [1.165, 1.54) is 17.7 Å². The number of benzene rings is 3. The Morgan fingerprint density at radius 3 is 2.39 bits per heavy atom. The molecule has 0 spiro atoms. The van der Waals surface area contributed by atoms with Crippen molar-refractivity contribution in [1.29, 1.82) is 0 Å². The van der Waals surface area contributed by atoms with Crippen LogP contribution in [0.25, 0.3) is 22.0 Å². The Morgan fingerprint density at radius 2 is 1.67 bits per heavy atom. The SMILES string of the molecule is CCCCN1CCN(CCCOc2cc(C(=O)N3c4ccccc4N[C@@H](C)CC3/C(=C/C(=O)O)C(=O)O)ccc2-c2ccc3[nH]ccc3c2)CC1. The van der Waals surface area contributed by atoms with Gasteiger partial charge in [-0.25, -0.2) is 9.59 Å². The highest BCUT2D eigenvalue weighted by Gasteiger charge is 2.37. The van der Waals surface area contributed by atoms with Crippen LogP contribution in [-0.2, 0) is 9.59 Å². The number of carbonyl (C=O) groups excluding carboxylic acids is 1. The summed E-state index contributed by atoms with van der Waals surface area (Å²) < 4.78 is 6.49. The number of amides is 1. The molecule has 0 aliphatic carbocycles. The summed E-state index contributed by atoms with van der Waals surface area (Å²) in [7, 11) is 0. The Kier molecular flexibility index (Phi) is 11.4. The number of nitrogens with one attached hydrogen (secondary N) is 2. The molecule has 0 saturated carbocycles. The number of aromatic nitrogens is 1. The van der Waals surface area contributed by atoms with E-state index >= 15 is 0 Å². The quantitative estimate of drug-likeness (QED) is 0.0934. The van der Waals surface area contributed by atoms with Crippen LogP contribution < -0.4 is 15.0 Å². The van der Waals surface area contributed by atoms with Crippen molar-refractivity contribution in [1.82, 2.24) is 14.8 Å². The lowest BCUT2D eigenvalue weighted by atomic mass is 9.96. The summed E-state index contributed by atoms with van der Waals surface area (Å²) in [4.78, 5) is 48.6. The van der Waals surface area contributed by atoms with Gasteiger partial charge in [-0.15, -0.1) is 0 Å². The third kappa shape index (κ3) is 8.44. The number of para-hydroxylation sites is 2. The molecular weight excluding hydrogens is 646 g/mol. The van der Waals surface area contributed by atoms with Crippen molar-refractivity contribution in [3.63, 3.8) is 0 Å². The first-order valence-electron chi connectivity index (χ1n) is 17.9. The summed E-state index contributed by atoms with van der Waals surface area (Å²) in [6.07, 6.45) is 6.02. The van der Waals surface area contributed by atoms with Gasteiger partial charge >= 0.3 is 11.9 Å². The van der Waals surface area contributed by atoms with Crippen molar-refractivity contribution in [2.75, 3.05) is 56.1 Å². The number of fused-ring (bicyclic) bond motifs is 2. The minimum absolute atomic E-state index is 0.177. The first kappa shape index (κ1) is 35.7. The summed E-state index contributed by atoms with van der Waals surface area (Å²) in [5, 5.41) is 24.2. The van der Waals surface area contributed by atoms with Gasteiger partial charge in [-0.1, -0.05) is 31.5 Å². The zero-order valence-corrected chi connectivity index (χ0v) is 29.3. The minimum atomic E-state index is -1.39. The van der Waals surface area contributed by atoms with E-state index in [4.69, 9.17) is 4.74 Å². The molecule has 3 heterocycles. The lowest BCUT2D eigenvalue weighted by Gasteiger charge is -2.34. The molecule has 1 amide bonds. The Morgan fingerprint density at radius 1 is 0.922 bits per heavy atom. The highest BCUT2D eigenvalue weighted by molar-refractivity contribution is 6.11. The zero-order valence-electron chi connectivity index (χ0n) is 29.3. The fraction of sp³-hybridized carbons (Fsp3) is 0.375. The number of H-pyrrole nitrogens is 1. The van der Waals surface area contributed by atoms with Crippen LogP contribution in [0.3, 0.4) is 0 Å². The van der Waals surface area contributed by atoms with Crippen molar-refractivity contribution >= 4 is 40.1 Å². The second-order valence-corrected chi connectivity index (χ2v) is 13.5. The molecule has 2 atom stereocenters. The van der Waals surface area contributed by atoms with Gasteiger partial charge in [0.15, 0.2) is 0 Å². The number of hydrogen-bond donors (Lipinski definition) is 4. The number of carboxylic acids is 2. The van der Waals surface area contributed by atoms with Gasteiger partial charge in [-0.2, -0.15) is 0 Å². The number of hydrogen-bond acceptors (Lipinski definition) is 7. The van der Waals surface area contributed by atoms with E-state index in [2.05, 4.69) is 33.1 Å². The number of aromatic amines is 1. The van der Waals surface area contributed by atoms with Crippen LogP contribution in [0.4, 0.5) is 11.4 Å². The van der Waals surface area contributed by atoms with Gasteiger partial charge in [0.25, 0.3) is 5.91 Å². The van der Waals surface area contributed by atoms with Crippen LogP contribution in [0.5, 0.6) is 5.75 Å². The fourth-order valence-electron chi connectivity index (χ4n) is 7.15. The number of anilines is 2. The van der Waals surface area contributed by atoms with E-state index in [9.17, 15) is 24.6 Å². The molecule has 3 aromatic carbocycles. The Balaban J connectivity index is 1.31. The molecular formula is C40H47N5O6. The second kappa shape index (κ2) is 16.3. The van der Waals surface area contributed by atoms with Crippen molar-refractivity contribution < 1.29 is 29.3 Å². The molecule has 4 aromatic rings. The van der Waals surface area contributed by atoms with Crippen LogP contribution in [0, 0.1) is 0 Å². The number of rotatable bonds is 13. The molecule has 2 aliphatic rings. The van der Waals surface area contributed by atoms with E-state index in [0.29, 0.717) is 35.4 Å². The maximum absolute atomic E-state index is 14.7. The molecule has 0 radical (unpaired) electrons. The largest absolute Gasteiger partial charge is 0.493 e. The highest BCUT2D eigenvalue weighted by atomic mass is 16.5. The normalized spacial score (nSPS) is 18.5. The minimum Gasteiger partial charge on any atom is -0.493 e. The predicted octanol–water partition coefficient (Wildman–Crippen LogP) is 6.34. The molecule has 1 unspecified atom stereocenters. The molecule has 1 saturated heterocycles. The van der Waals surface area contributed by atoms with E-state index in [0.717, 1.165) is 67.7 Å². The topological polar surface area (TPSA) is 138 Å². The molecule has 11 nitrogen and oxygen atoms in total. The van der Waals surface area contributed by atoms with Gasteiger partial charge in [-0.3, -0.25) is 9.69 Å². The smallest absolute Gasteiger partial charge is 0.333 e.